The minimum Gasteiger partial charge on any atom is -0.495 e. The van der Waals surface area contributed by atoms with Crippen LogP contribution in [0.2, 0.25) is 0 Å². The highest BCUT2D eigenvalue weighted by Gasteiger charge is 2.13. The highest BCUT2D eigenvalue weighted by molar-refractivity contribution is 5.71. The number of hydrogen-bond donors (Lipinski definition) is 0. The predicted octanol–water partition coefficient (Wildman–Crippen LogP) is 10.4. The molecule has 0 heterocycles. The molecule has 0 N–H and O–H groups in total. The van der Waals surface area contributed by atoms with Crippen molar-refractivity contribution in [2.75, 3.05) is 13.7 Å². The minimum atomic E-state index is -0.456. The van der Waals surface area contributed by atoms with Crippen LogP contribution in [0, 0.1) is 29.3 Å². The molecule has 2 nitrogen and oxygen atoms in total. The molecule has 0 bridgehead atoms. The number of aryl methyl sites for hydroxylation is 3. The Labute approximate surface area is 269 Å². The summed E-state index contributed by atoms with van der Waals surface area (Å²) in [7, 11) is 1.52. The molecule has 0 saturated heterocycles. The zero-order chi connectivity index (χ0) is 32.5. The molecule has 0 amide bonds. The highest BCUT2D eigenvalue weighted by Crippen LogP contribution is 2.31. The fourth-order valence-electron chi connectivity index (χ4n) is 5.33. The van der Waals surface area contributed by atoms with E-state index in [2.05, 4.69) is 18.8 Å². The van der Waals surface area contributed by atoms with E-state index in [1.54, 1.807) is 30.3 Å². The fraction of sp³-hybridized carbons (Fsp3) is 0.220. The SMILES string of the molecule is CCCOc1ccc(C#Cc2cc(F)c(CCc3ccc(-c4ccc(-c5ccc(CCC)cc5)c(F)c4)c(F)c3)cc2OC)cc1. The molecule has 5 heteroatoms. The smallest absolute Gasteiger partial charge is 0.134 e. The van der Waals surface area contributed by atoms with Crippen molar-refractivity contribution in [1.82, 2.24) is 0 Å². The van der Waals surface area contributed by atoms with Crippen molar-refractivity contribution in [3.63, 3.8) is 0 Å². The van der Waals surface area contributed by atoms with E-state index in [0.29, 0.717) is 58.6 Å². The van der Waals surface area contributed by atoms with Crippen molar-refractivity contribution in [1.29, 1.82) is 0 Å². The standard InChI is InChI=1S/C41H37F3O2/c1-4-6-28-7-14-31(15-8-28)36-22-18-32(25-40(36)44)37-21-13-30(24-39(37)43)10-16-33-27-41(45-3)34(26-38(33)42)17-9-29-11-19-35(20-12-29)46-23-5-2/h7-8,11-15,18-22,24-27H,4-6,10,16,23H2,1-3H3. The molecule has 5 aromatic carbocycles. The summed E-state index contributed by atoms with van der Waals surface area (Å²) in [6.45, 7) is 4.82. The van der Waals surface area contributed by atoms with E-state index in [9.17, 15) is 0 Å². The third-order valence-corrected chi connectivity index (χ3v) is 7.84. The molecule has 0 atom stereocenters. The van der Waals surface area contributed by atoms with Gasteiger partial charge in [0, 0.05) is 16.7 Å². The lowest BCUT2D eigenvalue weighted by molar-refractivity contribution is 0.317. The number of halogens is 3. The van der Waals surface area contributed by atoms with Gasteiger partial charge in [0.05, 0.1) is 19.3 Å². The van der Waals surface area contributed by atoms with E-state index in [1.165, 1.54) is 30.9 Å². The van der Waals surface area contributed by atoms with E-state index in [0.717, 1.165) is 36.1 Å². The Morgan fingerprint density at radius 1 is 0.587 bits per heavy atom. The third kappa shape index (κ3) is 8.00. The van der Waals surface area contributed by atoms with Gasteiger partial charge in [-0.3, -0.25) is 0 Å². The average Bonchev–Trinajstić information content (AvgIpc) is 3.07. The van der Waals surface area contributed by atoms with E-state index in [1.807, 2.05) is 55.5 Å². The molecule has 234 valence electrons. The van der Waals surface area contributed by atoms with Crippen molar-refractivity contribution >= 4 is 0 Å². The summed E-state index contributed by atoms with van der Waals surface area (Å²) in [4.78, 5) is 0. The van der Waals surface area contributed by atoms with Gasteiger partial charge in [0.1, 0.15) is 29.0 Å². The first-order valence-electron chi connectivity index (χ1n) is 15.7. The van der Waals surface area contributed by atoms with E-state index in [4.69, 9.17) is 9.47 Å². The van der Waals surface area contributed by atoms with Crippen LogP contribution in [0.4, 0.5) is 13.2 Å². The maximum Gasteiger partial charge on any atom is 0.134 e. The Hall–Kier alpha value is -4.95. The van der Waals surface area contributed by atoms with Crippen molar-refractivity contribution in [3.05, 3.63) is 142 Å². The minimum absolute atomic E-state index is 0.311. The van der Waals surface area contributed by atoms with Gasteiger partial charge in [0.25, 0.3) is 0 Å². The first-order valence-corrected chi connectivity index (χ1v) is 15.7. The second-order valence-corrected chi connectivity index (χ2v) is 11.2. The number of benzene rings is 5. The maximum atomic E-state index is 15.2. The number of hydrogen-bond acceptors (Lipinski definition) is 2. The van der Waals surface area contributed by atoms with Crippen molar-refractivity contribution in [2.45, 2.75) is 46.0 Å². The summed E-state index contributed by atoms with van der Waals surface area (Å²) in [5.74, 6) is 6.04. The molecular weight excluding hydrogens is 581 g/mol. The summed E-state index contributed by atoms with van der Waals surface area (Å²) < 4.78 is 56.6. The number of ether oxygens (including phenoxy) is 2. The van der Waals surface area contributed by atoms with E-state index >= 15 is 13.2 Å². The molecule has 0 radical (unpaired) electrons. The average molecular weight is 619 g/mol. The molecule has 0 aromatic heterocycles. The Balaban J connectivity index is 1.26. The largest absolute Gasteiger partial charge is 0.495 e. The first kappa shape index (κ1) is 32.4. The first-order chi connectivity index (χ1) is 22.4. The van der Waals surface area contributed by atoms with E-state index in [-0.39, 0.29) is 0 Å². The molecule has 0 fully saturated rings. The van der Waals surface area contributed by atoms with Crippen LogP contribution in [-0.2, 0) is 19.3 Å². The van der Waals surface area contributed by atoms with Gasteiger partial charge in [0.2, 0.25) is 0 Å². The van der Waals surface area contributed by atoms with E-state index < -0.39 is 17.5 Å². The predicted molar refractivity (Wildman–Crippen MR) is 180 cm³/mol. The van der Waals surface area contributed by atoms with Gasteiger partial charge in [-0.05, 0) is 102 Å². The van der Waals surface area contributed by atoms with Crippen LogP contribution < -0.4 is 9.47 Å². The van der Waals surface area contributed by atoms with Gasteiger partial charge >= 0.3 is 0 Å². The number of rotatable bonds is 11. The summed E-state index contributed by atoms with van der Waals surface area (Å²) >= 11 is 0. The summed E-state index contributed by atoms with van der Waals surface area (Å²) in [5, 5.41) is 0. The van der Waals surface area contributed by atoms with Crippen LogP contribution in [-0.4, -0.2) is 13.7 Å². The molecule has 0 spiro atoms. The van der Waals surface area contributed by atoms with Gasteiger partial charge < -0.3 is 9.47 Å². The van der Waals surface area contributed by atoms with Crippen LogP contribution in [0.1, 0.15) is 54.5 Å². The Kier molecular flexibility index (Phi) is 10.8. The Morgan fingerprint density at radius 2 is 1.26 bits per heavy atom. The molecule has 0 aliphatic rings. The molecule has 0 aliphatic heterocycles. The Bertz CT molecular complexity index is 1850. The van der Waals surface area contributed by atoms with Crippen LogP contribution in [0.25, 0.3) is 22.3 Å². The van der Waals surface area contributed by atoms with Crippen LogP contribution in [0.15, 0.2) is 97.1 Å². The van der Waals surface area contributed by atoms with Crippen molar-refractivity contribution in [3.8, 4) is 45.6 Å². The normalized spacial score (nSPS) is 10.7. The molecule has 5 rings (SSSR count). The lowest BCUT2D eigenvalue weighted by Gasteiger charge is -2.11. The van der Waals surface area contributed by atoms with Gasteiger partial charge in [-0.25, -0.2) is 13.2 Å². The monoisotopic (exact) mass is 618 g/mol. The lowest BCUT2D eigenvalue weighted by Crippen LogP contribution is -1.99. The zero-order valence-electron chi connectivity index (χ0n) is 26.4. The van der Waals surface area contributed by atoms with Crippen LogP contribution in [0.5, 0.6) is 11.5 Å². The van der Waals surface area contributed by atoms with Gasteiger partial charge in [-0.2, -0.15) is 0 Å². The maximum absolute atomic E-state index is 15.2. The highest BCUT2D eigenvalue weighted by atomic mass is 19.1. The third-order valence-electron chi connectivity index (χ3n) is 7.84. The molecule has 0 saturated carbocycles. The summed E-state index contributed by atoms with van der Waals surface area (Å²) in [6, 6.07) is 28.0. The van der Waals surface area contributed by atoms with Gasteiger partial charge in [-0.1, -0.05) is 80.6 Å². The quantitative estimate of drug-likeness (QED) is 0.137. The van der Waals surface area contributed by atoms with Gasteiger partial charge in [0.15, 0.2) is 0 Å². The van der Waals surface area contributed by atoms with Crippen molar-refractivity contribution in [2.24, 2.45) is 0 Å². The molecular formula is C41H37F3O2. The fourth-order valence-corrected chi connectivity index (χ4v) is 5.33. The molecule has 0 aliphatic carbocycles. The molecule has 46 heavy (non-hydrogen) atoms. The molecule has 0 unspecified atom stereocenters. The number of methoxy groups -OCH3 is 1. The summed E-state index contributed by atoms with van der Waals surface area (Å²) in [5.41, 5.74) is 5.62. The second-order valence-electron chi connectivity index (χ2n) is 11.2. The topological polar surface area (TPSA) is 18.5 Å². The molecule has 5 aromatic rings. The lowest BCUT2D eigenvalue weighted by atomic mass is 9.96. The Morgan fingerprint density at radius 3 is 1.93 bits per heavy atom. The van der Waals surface area contributed by atoms with Crippen LogP contribution in [0.3, 0.4) is 0 Å². The van der Waals surface area contributed by atoms with Crippen molar-refractivity contribution < 1.29 is 22.6 Å². The zero-order valence-corrected chi connectivity index (χ0v) is 26.4. The summed E-state index contributed by atoms with van der Waals surface area (Å²) in [6.07, 6.45) is 3.71. The van der Waals surface area contributed by atoms with Gasteiger partial charge in [-0.15, -0.1) is 0 Å². The second kappa shape index (κ2) is 15.4. The van der Waals surface area contributed by atoms with Crippen LogP contribution >= 0.6 is 0 Å².